The number of nitrogens with zero attached hydrogens (tertiary/aromatic N) is 2. The van der Waals surface area contributed by atoms with Crippen molar-refractivity contribution in [1.82, 2.24) is 0 Å². The number of nitrogens with one attached hydrogen (secondary N) is 1. The molecular formula is C18H13Cl2N3O3. The van der Waals surface area contributed by atoms with E-state index in [9.17, 15) is 20.2 Å². The van der Waals surface area contributed by atoms with Gasteiger partial charge in [0.05, 0.1) is 4.92 Å². The zero-order valence-corrected chi connectivity index (χ0v) is 15.1. The highest BCUT2D eigenvalue weighted by atomic mass is 35.5. The number of hydrogen-bond donors (Lipinski definition) is 1. The van der Waals surface area contributed by atoms with Gasteiger partial charge in [-0.25, -0.2) is 0 Å². The molecule has 0 saturated carbocycles. The number of carbonyl (C=O) groups is 1. The molecule has 6 nitrogen and oxygen atoms in total. The van der Waals surface area contributed by atoms with Crippen molar-refractivity contribution in [3.8, 4) is 6.07 Å². The first-order valence-corrected chi connectivity index (χ1v) is 8.26. The number of halogens is 2. The molecule has 0 bridgehead atoms. The van der Waals surface area contributed by atoms with Crippen LogP contribution in [0.25, 0.3) is 6.08 Å². The number of carbonyl (C=O) groups excluding carboxylic acids is 1. The summed E-state index contributed by atoms with van der Waals surface area (Å²) < 4.78 is 0. The van der Waals surface area contributed by atoms with Gasteiger partial charge in [-0.05, 0) is 36.3 Å². The third-order valence-corrected chi connectivity index (χ3v) is 3.92. The molecule has 0 aromatic heterocycles. The van der Waals surface area contributed by atoms with E-state index in [-0.39, 0.29) is 11.3 Å². The third kappa shape index (κ3) is 4.82. The van der Waals surface area contributed by atoms with Gasteiger partial charge in [-0.1, -0.05) is 42.3 Å². The number of rotatable bonds is 5. The highest BCUT2D eigenvalue weighted by Crippen LogP contribution is 2.24. The summed E-state index contributed by atoms with van der Waals surface area (Å²) in [6.45, 7) is 1.81. The fourth-order valence-electron chi connectivity index (χ4n) is 2.28. The first kappa shape index (κ1) is 19.4. The summed E-state index contributed by atoms with van der Waals surface area (Å²) >= 11 is 11.7. The lowest BCUT2D eigenvalue weighted by Gasteiger charge is -2.06. The summed E-state index contributed by atoms with van der Waals surface area (Å²) in [5, 5.41) is 23.6. The van der Waals surface area contributed by atoms with Crippen LogP contribution in [0.5, 0.6) is 0 Å². The van der Waals surface area contributed by atoms with Gasteiger partial charge in [0.2, 0.25) is 0 Å². The minimum Gasteiger partial charge on any atom is -0.321 e. The van der Waals surface area contributed by atoms with Crippen LogP contribution in [0.3, 0.4) is 0 Å². The maximum atomic E-state index is 12.3. The lowest BCUT2D eigenvalue weighted by atomic mass is 10.0. The molecule has 0 fully saturated rings. The molecule has 1 amide bonds. The molecule has 0 aliphatic carbocycles. The SMILES string of the molecule is CCc1ccc(/C=C(\C#N)C(=O)Nc2cc(Cl)cc(Cl)c2)cc1[N+](=O)[O-]. The highest BCUT2D eigenvalue weighted by molar-refractivity contribution is 6.35. The lowest BCUT2D eigenvalue weighted by molar-refractivity contribution is -0.385. The Labute approximate surface area is 159 Å². The van der Waals surface area contributed by atoms with Gasteiger partial charge >= 0.3 is 0 Å². The molecule has 2 rings (SSSR count). The predicted octanol–water partition coefficient (Wildman–Crippen LogP) is 5.01. The summed E-state index contributed by atoms with van der Waals surface area (Å²) in [5.41, 5.74) is 1.02. The molecule has 132 valence electrons. The van der Waals surface area contributed by atoms with E-state index in [4.69, 9.17) is 23.2 Å². The molecule has 0 saturated heterocycles. The fourth-order valence-corrected chi connectivity index (χ4v) is 2.81. The topological polar surface area (TPSA) is 96.0 Å². The smallest absolute Gasteiger partial charge is 0.273 e. The lowest BCUT2D eigenvalue weighted by Crippen LogP contribution is -2.13. The fraction of sp³-hybridized carbons (Fsp3) is 0.111. The van der Waals surface area contributed by atoms with Gasteiger partial charge in [0.25, 0.3) is 11.6 Å². The van der Waals surface area contributed by atoms with E-state index in [0.717, 1.165) is 0 Å². The highest BCUT2D eigenvalue weighted by Gasteiger charge is 2.15. The van der Waals surface area contributed by atoms with Crippen LogP contribution in [0.1, 0.15) is 18.1 Å². The Bertz CT molecular complexity index is 929. The quantitative estimate of drug-likeness (QED) is 0.336. The molecule has 2 aromatic rings. The van der Waals surface area contributed by atoms with Crippen molar-refractivity contribution in [1.29, 1.82) is 5.26 Å². The van der Waals surface area contributed by atoms with Crippen molar-refractivity contribution in [3.05, 3.63) is 73.3 Å². The van der Waals surface area contributed by atoms with Crippen molar-refractivity contribution in [2.45, 2.75) is 13.3 Å². The Hall–Kier alpha value is -2.88. The second-order valence-electron chi connectivity index (χ2n) is 5.28. The van der Waals surface area contributed by atoms with E-state index >= 15 is 0 Å². The summed E-state index contributed by atoms with van der Waals surface area (Å²) in [4.78, 5) is 22.9. The minimum atomic E-state index is -0.673. The van der Waals surface area contributed by atoms with Crippen molar-refractivity contribution < 1.29 is 9.72 Å². The van der Waals surface area contributed by atoms with Crippen molar-refractivity contribution in [3.63, 3.8) is 0 Å². The summed E-state index contributed by atoms with van der Waals surface area (Å²) in [6.07, 6.45) is 1.79. The van der Waals surface area contributed by atoms with Crippen LogP contribution in [0.2, 0.25) is 10.0 Å². The molecule has 0 aliphatic heterocycles. The summed E-state index contributed by atoms with van der Waals surface area (Å²) in [6, 6.07) is 10.8. The van der Waals surface area contributed by atoms with Gasteiger partial charge in [-0.15, -0.1) is 0 Å². The van der Waals surface area contributed by atoms with Gasteiger partial charge in [0, 0.05) is 27.4 Å². The zero-order valence-electron chi connectivity index (χ0n) is 13.6. The summed E-state index contributed by atoms with van der Waals surface area (Å²) in [7, 11) is 0. The first-order chi connectivity index (χ1) is 12.3. The molecule has 1 N–H and O–H groups in total. The van der Waals surface area contributed by atoms with Crippen LogP contribution >= 0.6 is 23.2 Å². The Kier molecular flexibility index (Phi) is 6.34. The average Bonchev–Trinajstić information content (AvgIpc) is 2.58. The van der Waals surface area contributed by atoms with Crippen LogP contribution in [0.4, 0.5) is 11.4 Å². The number of amides is 1. The number of nitro groups is 1. The second kappa shape index (κ2) is 8.48. The van der Waals surface area contributed by atoms with Crippen LogP contribution < -0.4 is 5.32 Å². The standard InChI is InChI=1S/C18H13Cl2N3O3/c1-2-12-4-3-11(6-17(12)23(25)26)5-13(10-21)18(24)22-16-8-14(19)7-15(20)9-16/h3-9H,2H2,1H3,(H,22,24)/b13-5+. The molecule has 0 radical (unpaired) electrons. The predicted molar refractivity (Wildman–Crippen MR) is 101 cm³/mol. The van der Waals surface area contributed by atoms with Gasteiger partial charge in [0.15, 0.2) is 0 Å². The number of nitro benzene ring substituents is 1. The first-order valence-electron chi connectivity index (χ1n) is 7.50. The Morgan fingerprint density at radius 2 is 1.92 bits per heavy atom. The van der Waals surface area contributed by atoms with E-state index < -0.39 is 10.8 Å². The molecule has 0 aliphatic rings. The number of hydrogen-bond acceptors (Lipinski definition) is 4. The number of aryl methyl sites for hydroxylation is 1. The molecule has 0 unspecified atom stereocenters. The largest absolute Gasteiger partial charge is 0.321 e. The van der Waals surface area contributed by atoms with Crippen LogP contribution in [0.15, 0.2) is 42.0 Å². The van der Waals surface area contributed by atoms with Gasteiger partial charge < -0.3 is 5.32 Å². The van der Waals surface area contributed by atoms with Crippen LogP contribution in [0, 0.1) is 21.4 Å². The molecule has 0 spiro atoms. The minimum absolute atomic E-state index is 0.0550. The maximum absolute atomic E-state index is 12.3. The molecule has 8 heteroatoms. The maximum Gasteiger partial charge on any atom is 0.273 e. The van der Waals surface area contributed by atoms with Crippen LogP contribution in [-0.4, -0.2) is 10.8 Å². The zero-order chi connectivity index (χ0) is 19.3. The van der Waals surface area contributed by atoms with Crippen molar-refractivity contribution in [2.24, 2.45) is 0 Å². The second-order valence-corrected chi connectivity index (χ2v) is 6.15. The Morgan fingerprint density at radius 3 is 2.46 bits per heavy atom. The van der Waals surface area contributed by atoms with Crippen molar-refractivity contribution >= 4 is 46.6 Å². The number of benzene rings is 2. The van der Waals surface area contributed by atoms with E-state index in [0.29, 0.717) is 33.3 Å². The normalized spacial score (nSPS) is 10.9. The number of anilines is 1. The third-order valence-electron chi connectivity index (χ3n) is 3.48. The van der Waals surface area contributed by atoms with E-state index in [1.165, 1.54) is 30.3 Å². The number of nitriles is 1. The molecular weight excluding hydrogens is 377 g/mol. The van der Waals surface area contributed by atoms with Gasteiger partial charge in [0.1, 0.15) is 11.6 Å². The van der Waals surface area contributed by atoms with E-state index in [2.05, 4.69) is 5.32 Å². The van der Waals surface area contributed by atoms with E-state index in [1.54, 1.807) is 18.2 Å². The Balaban J connectivity index is 2.32. The molecule has 0 atom stereocenters. The monoisotopic (exact) mass is 389 g/mol. The average molecular weight is 390 g/mol. The van der Waals surface area contributed by atoms with Crippen LogP contribution in [-0.2, 0) is 11.2 Å². The molecule has 0 heterocycles. The van der Waals surface area contributed by atoms with Gasteiger partial charge in [-0.3, -0.25) is 14.9 Å². The van der Waals surface area contributed by atoms with E-state index in [1.807, 2.05) is 6.92 Å². The molecule has 2 aromatic carbocycles. The molecule has 26 heavy (non-hydrogen) atoms. The van der Waals surface area contributed by atoms with Crippen molar-refractivity contribution in [2.75, 3.05) is 5.32 Å². The Morgan fingerprint density at radius 1 is 1.27 bits per heavy atom. The van der Waals surface area contributed by atoms with Gasteiger partial charge in [-0.2, -0.15) is 5.26 Å². The summed E-state index contributed by atoms with van der Waals surface area (Å²) in [5.74, 6) is -0.673.